The summed E-state index contributed by atoms with van der Waals surface area (Å²) < 4.78 is 0. The average Bonchev–Trinajstić information content (AvgIpc) is 2.86. The monoisotopic (exact) mass is 445 g/mol. The molecule has 0 bridgehead atoms. The van der Waals surface area contributed by atoms with Gasteiger partial charge in [-0.25, -0.2) is 0 Å². The molecule has 0 amide bonds. The van der Waals surface area contributed by atoms with E-state index in [-0.39, 0.29) is 6.71 Å². The van der Waals surface area contributed by atoms with E-state index in [1.165, 1.54) is 38.0 Å². The third kappa shape index (κ3) is 4.17. The van der Waals surface area contributed by atoms with Gasteiger partial charge in [0.1, 0.15) is 0 Å². The first-order chi connectivity index (χ1) is 16.1. The molecule has 1 aliphatic heterocycles. The van der Waals surface area contributed by atoms with Crippen LogP contribution in [0.5, 0.6) is 0 Å². The first kappa shape index (κ1) is 21.7. The van der Waals surface area contributed by atoms with Gasteiger partial charge in [0, 0.05) is 12.7 Å². The van der Waals surface area contributed by atoms with Crippen molar-refractivity contribution in [3.8, 4) is 0 Å². The van der Waals surface area contributed by atoms with E-state index in [0.29, 0.717) is 5.92 Å². The Morgan fingerprint density at radius 2 is 1.15 bits per heavy atom. The van der Waals surface area contributed by atoms with E-state index in [1.54, 1.807) is 0 Å². The summed E-state index contributed by atoms with van der Waals surface area (Å²) in [6.07, 6.45) is 2.36. The maximum Gasteiger partial charge on any atom is 0.242 e. The Labute approximate surface area is 199 Å². The molecule has 3 heteroatoms. The van der Waals surface area contributed by atoms with Crippen LogP contribution >= 0.6 is 7.92 Å². The Morgan fingerprint density at radius 3 is 1.76 bits per heavy atom. The zero-order chi connectivity index (χ0) is 22.8. The van der Waals surface area contributed by atoms with Crippen molar-refractivity contribution in [1.82, 2.24) is 0 Å². The molecule has 5 rings (SSSR count). The largest absolute Gasteiger partial charge is 0.352 e. The van der Waals surface area contributed by atoms with Gasteiger partial charge in [-0.05, 0) is 47.5 Å². The van der Waals surface area contributed by atoms with E-state index in [4.69, 9.17) is 0 Å². The lowest BCUT2D eigenvalue weighted by Gasteiger charge is -2.35. The van der Waals surface area contributed by atoms with Crippen molar-refractivity contribution in [2.45, 2.75) is 13.8 Å². The normalized spacial score (nSPS) is 13.3. The number of allylic oxidation sites excluding steroid dienone is 1. The summed E-state index contributed by atoms with van der Waals surface area (Å²) in [5.41, 5.74) is 5.59. The molecule has 0 N–H and O–H groups in total. The molecule has 1 aliphatic rings. The van der Waals surface area contributed by atoms with Gasteiger partial charge in [0.25, 0.3) is 0 Å². The molecule has 33 heavy (non-hydrogen) atoms. The lowest BCUT2D eigenvalue weighted by Crippen LogP contribution is -2.55. The number of para-hydroxylation sites is 1. The van der Waals surface area contributed by atoms with E-state index >= 15 is 0 Å². The molecular weight excluding hydrogens is 416 g/mol. The van der Waals surface area contributed by atoms with Crippen LogP contribution in [0.15, 0.2) is 121 Å². The first-order valence-electron chi connectivity index (χ1n) is 11.7. The van der Waals surface area contributed by atoms with Gasteiger partial charge >= 0.3 is 0 Å². The quantitative estimate of drug-likeness (QED) is 0.321. The summed E-state index contributed by atoms with van der Waals surface area (Å²) in [6.45, 7) is 4.90. The molecule has 1 nitrogen and oxygen atoms in total. The highest BCUT2D eigenvalue weighted by Gasteiger charge is 2.35. The minimum Gasteiger partial charge on any atom is -0.352 e. The number of anilines is 1. The Balaban J connectivity index is 1.75. The fourth-order valence-corrected chi connectivity index (χ4v) is 7.44. The first-order valence-corrected chi connectivity index (χ1v) is 13.0. The minimum absolute atomic E-state index is 0.256. The van der Waals surface area contributed by atoms with Gasteiger partial charge < -0.3 is 4.90 Å². The Kier molecular flexibility index (Phi) is 6.21. The third-order valence-electron chi connectivity index (χ3n) is 6.49. The number of nitrogens with zero attached hydrogens (tertiary/aromatic N) is 1. The van der Waals surface area contributed by atoms with Gasteiger partial charge in [0.05, 0.1) is 0 Å². The van der Waals surface area contributed by atoms with Gasteiger partial charge in [0.15, 0.2) is 0 Å². The van der Waals surface area contributed by atoms with Gasteiger partial charge in [-0.3, -0.25) is 0 Å². The number of hydrogen-bond donors (Lipinski definition) is 0. The van der Waals surface area contributed by atoms with Crippen LogP contribution in [0.4, 0.5) is 5.69 Å². The molecule has 0 aliphatic carbocycles. The minimum atomic E-state index is -0.671. The summed E-state index contributed by atoms with van der Waals surface area (Å²) >= 11 is 0. The average molecular weight is 445 g/mol. The van der Waals surface area contributed by atoms with Gasteiger partial charge in [-0.15, -0.1) is 0 Å². The summed E-state index contributed by atoms with van der Waals surface area (Å²) in [6, 6.07) is 40.1. The van der Waals surface area contributed by atoms with Crippen LogP contribution in [0.3, 0.4) is 0 Å². The number of hydrogen-bond acceptors (Lipinski definition) is 1. The van der Waals surface area contributed by atoms with Crippen molar-refractivity contribution in [3.05, 3.63) is 121 Å². The molecule has 1 heterocycles. The standard InChI is InChI=1S/C30H29BNP/c1-23(2)28-22-32(3)29-20-12-10-18-26(29)31(28)27-19-11-13-21-30(27)33(24-14-6-4-7-15-24)25-16-8-5-9-17-25/h4-23H,1-3H3. The predicted molar refractivity (Wildman–Crippen MR) is 148 cm³/mol. The van der Waals surface area contributed by atoms with Crippen molar-refractivity contribution < 1.29 is 0 Å². The van der Waals surface area contributed by atoms with Gasteiger partial charge in [-0.1, -0.05) is 128 Å². The summed E-state index contributed by atoms with van der Waals surface area (Å²) in [4.78, 5) is 2.29. The van der Waals surface area contributed by atoms with E-state index in [9.17, 15) is 0 Å². The highest BCUT2D eigenvalue weighted by molar-refractivity contribution is 7.80. The summed E-state index contributed by atoms with van der Waals surface area (Å²) in [5, 5.41) is 4.23. The van der Waals surface area contributed by atoms with Crippen LogP contribution < -0.4 is 31.7 Å². The summed E-state index contributed by atoms with van der Waals surface area (Å²) in [7, 11) is 1.50. The van der Waals surface area contributed by atoms with Crippen LogP contribution in [0, 0.1) is 5.92 Å². The Hall–Kier alpha value is -3.09. The van der Waals surface area contributed by atoms with Crippen molar-refractivity contribution >= 4 is 47.2 Å². The van der Waals surface area contributed by atoms with Gasteiger partial charge in [-0.2, -0.15) is 0 Å². The Bertz CT molecular complexity index is 1230. The van der Waals surface area contributed by atoms with Crippen molar-refractivity contribution in [3.63, 3.8) is 0 Å². The molecule has 0 unspecified atom stereocenters. The maximum atomic E-state index is 2.36. The number of fused-ring (bicyclic) bond motifs is 1. The molecule has 4 aromatic rings. The smallest absolute Gasteiger partial charge is 0.242 e. The van der Waals surface area contributed by atoms with E-state index in [0.717, 1.165) is 0 Å². The molecular formula is C30H29BNP. The topological polar surface area (TPSA) is 3.24 Å². The van der Waals surface area contributed by atoms with Crippen LogP contribution in [0.1, 0.15) is 13.8 Å². The number of benzene rings is 4. The molecule has 0 spiro atoms. The van der Waals surface area contributed by atoms with Crippen molar-refractivity contribution in [2.24, 2.45) is 5.92 Å². The predicted octanol–water partition coefficient (Wildman–Crippen LogP) is 4.58. The third-order valence-corrected chi connectivity index (χ3v) is 9.01. The highest BCUT2D eigenvalue weighted by atomic mass is 31.1. The molecule has 4 aromatic carbocycles. The second-order valence-corrected chi connectivity index (χ2v) is 11.1. The van der Waals surface area contributed by atoms with Crippen LogP contribution in [0.2, 0.25) is 0 Å². The summed E-state index contributed by atoms with van der Waals surface area (Å²) in [5.74, 6) is 0.457. The molecule has 162 valence electrons. The fraction of sp³-hybridized carbons (Fsp3) is 0.133. The van der Waals surface area contributed by atoms with E-state index in [2.05, 4.69) is 141 Å². The lowest BCUT2D eigenvalue weighted by atomic mass is 9.33. The zero-order valence-corrected chi connectivity index (χ0v) is 20.4. The zero-order valence-electron chi connectivity index (χ0n) is 19.5. The van der Waals surface area contributed by atoms with Crippen molar-refractivity contribution in [1.29, 1.82) is 0 Å². The van der Waals surface area contributed by atoms with Gasteiger partial charge in [0.2, 0.25) is 6.71 Å². The van der Waals surface area contributed by atoms with E-state index < -0.39 is 7.92 Å². The Morgan fingerprint density at radius 1 is 0.636 bits per heavy atom. The molecule has 0 atom stereocenters. The molecule has 0 saturated heterocycles. The fourth-order valence-electron chi connectivity index (χ4n) is 4.95. The SMILES string of the molecule is CC(C)C1=CN(C)c2ccccc2B1c1ccccc1P(c1ccccc1)c1ccccc1. The lowest BCUT2D eigenvalue weighted by molar-refractivity contribution is 0.802. The van der Waals surface area contributed by atoms with Crippen LogP contribution in [-0.4, -0.2) is 13.8 Å². The van der Waals surface area contributed by atoms with Crippen LogP contribution in [-0.2, 0) is 0 Å². The molecule has 0 aromatic heterocycles. The molecule has 0 radical (unpaired) electrons. The molecule has 0 saturated carbocycles. The second-order valence-electron chi connectivity index (χ2n) is 8.95. The second kappa shape index (κ2) is 9.42. The number of rotatable bonds is 5. The van der Waals surface area contributed by atoms with Crippen molar-refractivity contribution in [2.75, 3.05) is 11.9 Å². The maximum absolute atomic E-state index is 2.36. The van der Waals surface area contributed by atoms with E-state index in [1.807, 2.05) is 0 Å². The van der Waals surface area contributed by atoms with Crippen LogP contribution in [0.25, 0.3) is 0 Å². The molecule has 0 fully saturated rings. The highest BCUT2D eigenvalue weighted by Crippen LogP contribution is 2.33.